The van der Waals surface area contributed by atoms with Gasteiger partial charge in [0.25, 0.3) is 5.91 Å². The smallest absolute Gasteiger partial charge is 0.306 e. The first-order valence-corrected chi connectivity index (χ1v) is 10.3. The Morgan fingerprint density at radius 1 is 1.13 bits per heavy atom. The summed E-state index contributed by atoms with van der Waals surface area (Å²) >= 11 is 6.07. The maximum Gasteiger partial charge on any atom is 0.306 e. The second kappa shape index (κ2) is 6.09. The van der Waals surface area contributed by atoms with E-state index in [1.54, 1.807) is 0 Å². The molecule has 30 heavy (non-hydrogen) atoms. The Balaban J connectivity index is 1.57. The number of carbonyl (C=O) groups is 1. The highest BCUT2D eigenvalue weighted by molar-refractivity contribution is 6.30. The van der Waals surface area contributed by atoms with Crippen LogP contribution in [-0.4, -0.2) is 16.6 Å². The molecule has 1 spiro atoms. The van der Waals surface area contributed by atoms with Crippen molar-refractivity contribution in [2.45, 2.75) is 25.1 Å². The number of amides is 1. The molecular weight excluding hydrogens is 398 g/mol. The van der Waals surface area contributed by atoms with Crippen molar-refractivity contribution in [3.63, 3.8) is 0 Å². The topological polar surface area (TPSA) is 53.9 Å². The van der Waals surface area contributed by atoms with Gasteiger partial charge in [-0.15, -0.1) is 0 Å². The minimum atomic E-state index is -1.32. The number of hydrogen-bond donors (Lipinski definition) is 1. The van der Waals surface area contributed by atoms with Gasteiger partial charge < -0.3 is 10.1 Å². The van der Waals surface area contributed by atoms with Crippen LogP contribution in [0, 0.1) is 6.92 Å². The Kier molecular flexibility index (Phi) is 3.56. The fraction of sp³-hybridized carbons (Fsp3) is 0.167. The van der Waals surface area contributed by atoms with Gasteiger partial charge in [0.15, 0.2) is 0 Å². The van der Waals surface area contributed by atoms with Gasteiger partial charge in [0.1, 0.15) is 5.75 Å². The Morgan fingerprint density at radius 2 is 1.93 bits per heavy atom. The minimum Gasteiger partial charge on any atom is -0.453 e. The number of ether oxygens (including phenoxy) is 1. The van der Waals surface area contributed by atoms with Crippen LogP contribution in [0.4, 0.5) is 5.69 Å². The Morgan fingerprint density at radius 3 is 2.77 bits per heavy atom. The molecular formula is C24H18ClN3O2. The number of nitrogens with zero attached hydrogens (tertiary/aromatic N) is 2. The van der Waals surface area contributed by atoms with Crippen LogP contribution < -0.4 is 10.1 Å². The number of halogens is 1. The first kappa shape index (κ1) is 17.5. The quantitative estimate of drug-likeness (QED) is 0.608. The van der Waals surface area contributed by atoms with Crippen LogP contribution in [0.15, 0.2) is 71.8 Å². The average Bonchev–Trinajstić information content (AvgIpc) is 3.30. The standard InChI is InChI=1S/C24H18ClN3O2/c1-14-6-11-19-18(12-14)24(23(29)26-19)28-21(17-4-2-3-5-22(17)30-24)13-20(27-28)15-7-9-16(25)10-8-15/h2-12,21H,13H2,1H3,(H,26,29). The van der Waals surface area contributed by atoms with Crippen molar-refractivity contribution in [1.82, 2.24) is 5.01 Å². The lowest BCUT2D eigenvalue weighted by molar-refractivity contribution is -0.161. The fourth-order valence-corrected chi connectivity index (χ4v) is 4.75. The van der Waals surface area contributed by atoms with Crippen molar-refractivity contribution < 1.29 is 9.53 Å². The highest BCUT2D eigenvalue weighted by atomic mass is 35.5. The molecule has 1 amide bonds. The van der Waals surface area contributed by atoms with Gasteiger partial charge in [0.05, 0.1) is 23.0 Å². The van der Waals surface area contributed by atoms with Gasteiger partial charge in [-0.2, -0.15) is 5.10 Å². The van der Waals surface area contributed by atoms with E-state index in [0.717, 1.165) is 39.4 Å². The number of rotatable bonds is 1. The monoisotopic (exact) mass is 415 g/mol. The minimum absolute atomic E-state index is 0.0992. The van der Waals surface area contributed by atoms with Crippen molar-refractivity contribution in [2.24, 2.45) is 5.10 Å². The number of anilines is 1. The lowest BCUT2D eigenvalue weighted by Gasteiger charge is -2.44. The summed E-state index contributed by atoms with van der Waals surface area (Å²) in [6.45, 7) is 2.01. The average molecular weight is 416 g/mol. The van der Waals surface area contributed by atoms with Gasteiger partial charge in [-0.25, -0.2) is 5.01 Å². The second-order valence-corrected chi connectivity index (χ2v) is 8.34. The Hall–Kier alpha value is -3.31. The van der Waals surface area contributed by atoms with Crippen LogP contribution in [-0.2, 0) is 10.5 Å². The second-order valence-electron chi connectivity index (χ2n) is 7.91. The lowest BCUT2D eigenvalue weighted by Crippen LogP contribution is -2.55. The first-order chi connectivity index (χ1) is 14.6. The largest absolute Gasteiger partial charge is 0.453 e. The van der Waals surface area contributed by atoms with Gasteiger partial charge in [-0.3, -0.25) is 4.79 Å². The molecule has 3 heterocycles. The highest BCUT2D eigenvalue weighted by Crippen LogP contribution is 2.54. The number of aryl methyl sites for hydroxylation is 1. The van der Waals surface area contributed by atoms with Gasteiger partial charge >= 0.3 is 5.72 Å². The zero-order valence-corrected chi connectivity index (χ0v) is 17.0. The van der Waals surface area contributed by atoms with Crippen LogP contribution in [0.25, 0.3) is 0 Å². The Bertz CT molecular complexity index is 1240. The van der Waals surface area contributed by atoms with Crippen LogP contribution in [0.1, 0.15) is 34.7 Å². The predicted molar refractivity (Wildman–Crippen MR) is 116 cm³/mol. The number of para-hydroxylation sites is 1. The number of hydrazone groups is 1. The molecule has 2 atom stereocenters. The summed E-state index contributed by atoms with van der Waals surface area (Å²) in [5.74, 6) is 0.500. The number of carbonyl (C=O) groups excluding carboxylic acids is 1. The molecule has 6 rings (SSSR count). The van der Waals surface area contributed by atoms with Crippen molar-refractivity contribution in [3.8, 4) is 5.75 Å². The maximum absolute atomic E-state index is 13.4. The zero-order chi connectivity index (χ0) is 20.5. The molecule has 5 nitrogen and oxygen atoms in total. The molecule has 0 saturated carbocycles. The summed E-state index contributed by atoms with van der Waals surface area (Å²) in [5.41, 5.74) is 4.23. The Labute approximate surface area is 178 Å². The third-order valence-corrected chi connectivity index (χ3v) is 6.29. The summed E-state index contributed by atoms with van der Waals surface area (Å²) in [6, 6.07) is 21.4. The van der Waals surface area contributed by atoms with Crippen LogP contribution >= 0.6 is 11.6 Å². The van der Waals surface area contributed by atoms with Crippen molar-refractivity contribution in [2.75, 3.05) is 5.32 Å². The molecule has 3 aliphatic rings. The van der Waals surface area contributed by atoms with Gasteiger partial charge in [0.2, 0.25) is 0 Å². The molecule has 0 aromatic heterocycles. The van der Waals surface area contributed by atoms with E-state index in [1.807, 2.05) is 78.7 Å². The van der Waals surface area contributed by atoms with Crippen molar-refractivity contribution >= 4 is 28.9 Å². The molecule has 3 aromatic rings. The van der Waals surface area contributed by atoms with Crippen molar-refractivity contribution in [3.05, 3.63) is 94.0 Å². The molecule has 148 valence electrons. The van der Waals surface area contributed by atoms with E-state index < -0.39 is 5.72 Å². The van der Waals surface area contributed by atoms with E-state index in [0.29, 0.717) is 11.4 Å². The molecule has 0 fully saturated rings. The van der Waals surface area contributed by atoms with E-state index in [2.05, 4.69) is 5.32 Å². The number of hydrogen-bond acceptors (Lipinski definition) is 4. The fourth-order valence-electron chi connectivity index (χ4n) is 4.62. The summed E-state index contributed by atoms with van der Waals surface area (Å²) in [7, 11) is 0. The SMILES string of the molecule is Cc1ccc2c(c1)C1(Oc3ccccc3C3CC(c4ccc(Cl)cc4)=NN31)C(=O)N2. The number of benzene rings is 3. The van der Waals surface area contributed by atoms with E-state index in [4.69, 9.17) is 21.4 Å². The lowest BCUT2D eigenvalue weighted by atomic mass is 9.92. The zero-order valence-electron chi connectivity index (χ0n) is 16.2. The summed E-state index contributed by atoms with van der Waals surface area (Å²) in [6.07, 6.45) is 0.679. The van der Waals surface area contributed by atoms with Crippen LogP contribution in [0.3, 0.4) is 0 Å². The van der Waals surface area contributed by atoms with E-state index in [9.17, 15) is 4.79 Å². The summed E-state index contributed by atoms with van der Waals surface area (Å²) in [4.78, 5) is 13.4. The normalized spacial score (nSPS) is 23.4. The van der Waals surface area contributed by atoms with Gasteiger partial charge in [-0.05, 0) is 42.8 Å². The maximum atomic E-state index is 13.4. The number of fused-ring (bicyclic) bond motifs is 6. The molecule has 3 aliphatic heterocycles. The molecule has 1 N–H and O–H groups in total. The molecule has 0 radical (unpaired) electrons. The predicted octanol–water partition coefficient (Wildman–Crippen LogP) is 5.00. The molecule has 0 bridgehead atoms. The van der Waals surface area contributed by atoms with E-state index in [-0.39, 0.29) is 11.9 Å². The van der Waals surface area contributed by atoms with Crippen LogP contribution in [0.5, 0.6) is 5.75 Å². The van der Waals surface area contributed by atoms with Gasteiger partial charge in [-0.1, -0.05) is 53.6 Å². The first-order valence-electron chi connectivity index (χ1n) is 9.89. The molecule has 2 unspecified atom stereocenters. The molecule has 3 aromatic carbocycles. The van der Waals surface area contributed by atoms with E-state index >= 15 is 0 Å². The van der Waals surface area contributed by atoms with Gasteiger partial charge in [0, 0.05) is 17.0 Å². The number of nitrogens with one attached hydrogen (secondary N) is 1. The molecule has 0 aliphatic carbocycles. The molecule has 6 heteroatoms. The summed E-state index contributed by atoms with van der Waals surface area (Å²) < 4.78 is 6.48. The summed E-state index contributed by atoms with van der Waals surface area (Å²) in [5, 5.41) is 10.5. The highest BCUT2D eigenvalue weighted by Gasteiger charge is 2.60. The van der Waals surface area contributed by atoms with E-state index in [1.165, 1.54) is 0 Å². The third-order valence-electron chi connectivity index (χ3n) is 6.04. The molecule has 0 saturated heterocycles. The van der Waals surface area contributed by atoms with Crippen molar-refractivity contribution in [1.29, 1.82) is 0 Å². The van der Waals surface area contributed by atoms with Crippen LogP contribution in [0.2, 0.25) is 5.02 Å². The third kappa shape index (κ3) is 2.30.